The normalized spacial score (nSPS) is 10.2. The van der Waals surface area contributed by atoms with Gasteiger partial charge in [-0.05, 0) is 42.9 Å². The number of aromatic nitrogens is 1. The van der Waals surface area contributed by atoms with Crippen molar-refractivity contribution in [1.82, 2.24) is 9.88 Å². The number of hydrogen-bond acceptors (Lipinski definition) is 3. The number of thiocarbonyl (C=S) groups is 1. The Hall–Kier alpha value is -1.98. The molecule has 4 nitrogen and oxygen atoms in total. The maximum atomic E-state index is 5.55. The van der Waals surface area contributed by atoms with Gasteiger partial charge in [-0.15, -0.1) is 0 Å². The first-order valence-electron chi connectivity index (χ1n) is 7.29. The molecule has 0 aliphatic heterocycles. The number of ether oxygens (including phenoxy) is 1. The molecule has 0 bridgehead atoms. The molecule has 0 spiro atoms. The van der Waals surface area contributed by atoms with Crippen molar-refractivity contribution < 1.29 is 4.74 Å². The molecule has 0 aliphatic rings. The molecule has 0 saturated heterocycles. The van der Waals surface area contributed by atoms with Crippen LogP contribution in [0.5, 0.6) is 0 Å². The number of para-hydroxylation sites is 1. The van der Waals surface area contributed by atoms with Crippen LogP contribution in [0.15, 0.2) is 54.7 Å². The Kier molecular flexibility index (Phi) is 6.80. The molecule has 2 aromatic rings. The van der Waals surface area contributed by atoms with Crippen molar-refractivity contribution >= 4 is 23.0 Å². The van der Waals surface area contributed by atoms with Gasteiger partial charge in [-0.3, -0.25) is 4.98 Å². The monoisotopic (exact) mass is 315 g/mol. The number of benzene rings is 1. The van der Waals surface area contributed by atoms with Gasteiger partial charge in [0.05, 0.1) is 12.2 Å². The maximum absolute atomic E-state index is 5.55. The highest BCUT2D eigenvalue weighted by Crippen LogP contribution is 2.09. The highest BCUT2D eigenvalue weighted by Gasteiger charge is 2.11. The first-order valence-corrected chi connectivity index (χ1v) is 7.70. The number of rotatable bonds is 7. The minimum Gasteiger partial charge on any atom is -0.385 e. The Morgan fingerprint density at radius 2 is 1.95 bits per heavy atom. The average molecular weight is 315 g/mol. The number of methoxy groups -OCH3 is 1. The van der Waals surface area contributed by atoms with Gasteiger partial charge in [0.2, 0.25) is 0 Å². The van der Waals surface area contributed by atoms with E-state index in [0.29, 0.717) is 18.3 Å². The predicted molar refractivity (Wildman–Crippen MR) is 93.8 cm³/mol. The summed E-state index contributed by atoms with van der Waals surface area (Å²) in [5, 5.41) is 3.98. The van der Waals surface area contributed by atoms with Crippen LogP contribution in [0.4, 0.5) is 5.69 Å². The van der Waals surface area contributed by atoms with Gasteiger partial charge in [-0.1, -0.05) is 24.3 Å². The fourth-order valence-electron chi connectivity index (χ4n) is 2.06. The summed E-state index contributed by atoms with van der Waals surface area (Å²) < 4.78 is 5.13. The molecule has 116 valence electrons. The molecule has 1 N–H and O–H groups in total. The van der Waals surface area contributed by atoms with E-state index in [-0.39, 0.29) is 0 Å². The van der Waals surface area contributed by atoms with Crippen molar-refractivity contribution in [2.24, 2.45) is 0 Å². The molecule has 0 saturated carbocycles. The zero-order valence-corrected chi connectivity index (χ0v) is 13.6. The molecule has 0 radical (unpaired) electrons. The van der Waals surface area contributed by atoms with Crippen LogP contribution in [0.2, 0.25) is 0 Å². The van der Waals surface area contributed by atoms with Gasteiger partial charge in [-0.2, -0.15) is 0 Å². The summed E-state index contributed by atoms with van der Waals surface area (Å²) in [5.74, 6) is 0. The summed E-state index contributed by atoms with van der Waals surface area (Å²) in [7, 11) is 1.71. The van der Waals surface area contributed by atoms with Crippen LogP contribution in [-0.4, -0.2) is 35.3 Å². The van der Waals surface area contributed by atoms with Crippen molar-refractivity contribution in [1.29, 1.82) is 0 Å². The molecule has 0 fully saturated rings. The topological polar surface area (TPSA) is 37.4 Å². The zero-order valence-electron chi connectivity index (χ0n) is 12.7. The third kappa shape index (κ3) is 5.42. The van der Waals surface area contributed by atoms with E-state index in [4.69, 9.17) is 17.0 Å². The van der Waals surface area contributed by atoms with E-state index in [2.05, 4.69) is 15.2 Å². The van der Waals surface area contributed by atoms with Crippen LogP contribution >= 0.6 is 12.2 Å². The van der Waals surface area contributed by atoms with Gasteiger partial charge in [0.25, 0.3) is 0 Å². The minimum absolute atomic E-state index is 0.684. The largest absolute Gasteiger partial charge is 0.385 e. The quantitative estimate of drug-likeness (QED) is 0.627. The van der Waals surface area contributed by atoms with Crippen LogP contribution in [0.1, 0.15) is 12.1 Å². The molecular weight excluding hydrogens is 294 g/mol. The van der Waals surface area contributed by atoms with Crippen LogP contribution in [-0.2, 0) is 11.3 Å². The summed E-state index contributed by atoms with van der Waals surface area (Å²) in [6, 6.07) is 15.9. The summed E-state index contributed by atoms with van der Waals surface area (Å²) in [6.45, 7) is 2.22. The highest BCUT2D eigenvalue weighted by atomic mass is 32.1. The lowest BCUT2D eigenvalue weighted by Crippen LogP contribution is -2.35. The lowest BCUT2D eigenvalue weighted by molar-refractivity contribution is 0.185. The van der Waals surface area contributed by atoms with Crippen LogP contribution < -0.4 is 5.32 Å². The van der Waals surface area contributed by atoms with Crippen molar-refractivity contribution in [3.05, 3.63) is 60.4 Å². The standard InChI is InChI=1S/C17H21N3OS/c1-21-13-7-12-20(14-16-10-5-6-11-18-16)17(22)19-15-8-3-2-4-9-15/h2-6,8-11H,7,12-14H2,1H3,(H,19,22). The first kappa shape index (κ1) is 16.4. The Balaban J connectivity index is 2.00. The van der Waals surface area contributed by atoms with Gasteiger partial charge in [0.15, 0.2) is 5.11 Å². The molecule has 0 atom stereocenters. The maximum Gasteiger partial charge on any atom is 0.173 e. The summed E-state index contributed by atoms with van der Waals surface area (Å²) in [6.07, 6.45) is 2.72. The molecule has 5 heteroatoms. The van der Waals surface area contributed by atoms with E-state index in [1.165, 1.54) is 0 Å². The molecule has 0 aliphatic carbocycles. The van der Waals surface area contributed by atoms with Gasteiger partial charge >= 0.3 is 0 Å². The van der Waals surface area contributed by atoms with E-state index in [9.17, 15) is 0 Å². The zero-order chi connectivity index (χ0) is 15.6. The number of hydrogen-bond donors (Lipinski definition) is 1. The number of nitrogens with one attached hydrogen (secondary N) is 1. The summed E-state index contributed by atoms with van der Waals surface area (Å²) in [4.78, 5) is 6.49. The minimum atomic E-state index is 0.684. The molecule has 1 aromatic heterocycles. The number of pyridine rings is 1. The fourth-order valence-corrected chi connectivity index (χ4v) is 2.34. The van der Waals surface area contributed by atoms with E-state index in [1.807, 2.05) is 48.5 Å². The van der Waals surface area contributed by atoms with Gasteiger partial charge < -0.3 is 15.0 Å². The Bertz CT molecular complexity index is 563. The predicted octanol–water partition coefficient (Wildman–Crippen LogP) is 3.32. The van der Waals surface area contributed by atoms with Crippen LogP contribution in [0.25, 0.3) is 0 Å². The van der Waals surface area contributed by atoms with E-state index >= 15 is 0 Å². The smallest absolute Gasteiger partial charge is 0.173 e. The fraction of sp³-hybridized carbons (Fsp3) is 0.294. The molecular formula is C17H21N3OS. The molecule has 0 amide bonds. The van der Waals surface area contributed by atoms with Crippen LogP contribution in [0, 0.1) is 0 Å². The van der Waals surface area contributed by atoms with E-state index in [1.54, 1.807) is 13.3 Å². The lowest BCUT2D eigenvalue weighted by Gasteiger charge is -2.25. The molecule has 1 heterocycles. The van der Waals surface area contributed by atoms with Crippen LogP contribution in [0.3, 0.4) is 0 Å². The van der Waals surface area contributed by atoms with Crippen molar-refractivity contribution in [3.8, 4) is 0 Å². The summed E-state index contributed by atoms with van der Waals surface area (Å²) >= 11 is 5.55. The van der Waals surface area contributed by atoms with Crippen molar-refractivity contribution in [2.45, 2.75) is 13.0 Å². The SMILES string of the molecule is COCCCN(Cc1ccccn1)C(=S)Nc1ccccc1. The second-order valence-electron chi connectivity index (χ2n) is 4.89. The van der Waals surface area contributed by atoms with Gasteiger partial charge in [-0.25, -0.2) is 0 Å². The molecule has 0 unspecified atom stereocenters. The molecule has 1 aromatic carbocycles. The van der Waals surface area contributed by atoms with Gasteiger partial charge in [0.1, 0.15) is 0 Å². The third-order valence-corrected chi connectivity index (χ3v) is 3.53. The molecule has 22 heavy (non-hydrogen) atoms. The Morgan fingerprint density at radius 3 is 2.64 bits per heavy atom. The van der Waals surface area contributed by atoms with E-state index in [0.717, 1.165) is 24.3 Å². The summed E-state index contributed by atoms with van der Waals surface area (Å²) in [5.41, 5.74) is 1.99. The highest BCUT2D eigenvalue weighted by molar-refractivity contribution is 7.80. The number of nitrogens with zero attached hydrogens (tertiary/aromatic N) is 2. The van der Waals surface area contributed by atoms with Crippen molar-refractivity contribution in [3.63, 3.8) is 0 Å². The molecule has 2 rings (SSSR count). The Labute approximate surface area is 137 Å². The first-order chi connectivity index (χ1) is 10.8. The average Bonchev–Trinajstić information content (AvgIpc) is 2.56. The lowest BCUT2D eigenvalue weighted by atomic mass is 10.3. The van der Waals surface area contributed by atoms with E-state index < -0.39 is 0 Å². The second kappa shape index (κ2) is 9.12. The number of anilines is 1. The van der Waals surface area contributed by atoms with Gasteiger partial charge in [0, 0.05) is 32.1 Å². The second-order valence-corrected chi connectivity index (χ2v) is 5.27. The third-order valence-electron chi connectivity index (χ3n) is 3.17. The van der Waals surface area contributed by atoms with Crippen molar-refractivity contribution in [2.75, 3.05) is 25.6 Å². The Morgan fingerprint density at radius 1 is 1.18 bits per heavy atom.